The van der Waals surface area contributed by atoms with Gasteiger partial charge in [0.15, 0.2) is 0 Å². The predicted molar refractivity (Wildman–Crippen MR) is 77.5 cm³/mol. The van der Waals surface area contributed by atoms with Gasteiger partial charge in [0.2, 0.25) is 0 Å². The van der Waals surface area contributed by atoms with Gasteiger partial charge in [-0.05, 0) is 37.0 Å². The molecule has 0 bridgehead atoms. The molecule has 3 nitrogen and oxygen atoms in total. The standard InChI is InChI=1S/C14H19BrN2O/c1-9(2)8-17(11-4-5-11)14(18)12-7-10(15)3-6-13(12)16/h3,6-7,9,11H,4-5,8,16H2,1-2H3. The van der Waals surface area contributed by atoms with Gasteiger partial charge in [0, 0.05) is 22.7 Å². The van der Waals surface area contributed by atoms with Crippen molar-refractivity contribution in [2.24, 2.45) is 5.92 Å². The molecule has 0 aliphatic heterocycles. The van der Waals surface area contributed by atoms with E-state index in [4.69, 9.17) is 5.73 Å². The molecule has 4 heteroatoms. The summed E-state index contributed by atoms with van der Waals surface area (Å²) in [5.41, 5.74) is 7.07. The van der Waals surface area contributed by atoms with Crippen molar-refractivity contribution in [1.82, 2.24) is 4.90 Å². The molecule has 0 aromatic heterocycles. The second kappa shape index (κ2) is 5.31. The van der Waals surface area contributed by atoms with E-state index in [1.165, 1.54) is 0 Å². The fourth-order valence-electron chi connectivity index (χ4n) is 2.05. The number of rotatable bonds is 4. The molecule has 1 saturated carbocycles. The van der Waals surface area contributed by atoms with Gasteiger partial charge in [0.05, 0.1) is 5.56 Å². The summed E-state index contributed by atoms with van der Waals surface area (Å²) in [6, 6.07) is 5.86. The summed E-state index contributed by atoms with van der Waals surface area (Å²) in [5.74, 6) is 0.535. The highest BCUT2D eigenvalue weighted by molar-refractivity contribution is 9.10. The number of anilines is 1. The monoisotopic (exact) mass is 310 g/mol. The van der Waals surface area contributed by atoms with Gasteiger partial charge in [-0.2, -0.15) is 0 Å². The first-order valence-electron chi connectivity index (χ1n) is 6.35. The molecule has 1 fully saturated rings. The minimum absolute atomic E-state index is 0.0602. The van der Waals surface area contributed by atoms with Gasteiger partial charge < -0.3 is 10.6 Å². The fourth-order valence-corrected chi connectivity index (χ4v) is 2.41. The summed E-state index contributed by atoms with van der Waals surface area (Å²) in [6.45, 7) is 5.06. The van der Waals surface area contributed by atoms with Crippen LogP contribution in [0.25, 0.3) is 0 Å². The number of carbonyl (C=O) groups excluding carboxylic acids is 1. The van der Waals surface area contributed by atoms with Crippen LogP contribution in [0.3, 0.4) is 0 Å². The largest absolute Gasteiger partial charge is 0.398 e. The van der Waals surface area contributed by atoms with Gasteiger partial charge in [-0.1, -0.05) is 29.8 Å². The summed E-state index contributed by atoms with van der Waals surface area (Å²) in [5, 5.41) is 0. The van der Waals surface area contributed by atoms with Gasteiger partial charge in [-0.3, -0.25) is 4.79 Å². The fraction of sp³-hybridized carbons (Fsp3) is 0.500. The first-order valence-corrected chi connectivity index (χ1v) is 7.14. The number of nitrogens with two attached hydrogens (primary N) is 1. The Labute approximate surface area is 116 Å². The van der Waals surface area contributed by atoms with Crippen molar-refractivity contribution < 1.29 is 4.79 Å². The molecule has 18 heavy (non-hydrogen) atoms. The summed E-state index contributed by atoms with van der Waals surface area (Å²) in [7, 11) is 0. The molecular weight excluding hydrogens is 292 g/mol. The van der Waals surface area contributed by atoms with Crippen LogP contribution in [-0.4, -0.2) is 23.4 Å². The Balaban J connectivity index is 2.24. The average molecular weight is 311 g/mol. The van der Waals surface area contributed by atoms with Crippen molar-refractivity contribution in [3.63, 3.8) is 0 Å². The number of hydrogen-bond donors (Lipinski definition) is 1. The van der Waals surface area contributed by atoms with Crippen molar-refractivity contribution in [1.29, 1.82) is 0 Å². The Kier molecular flexibility index (Phi) is 3.95. The Morgan fingerprint density at radius 2 is 2.17 bits per heavy atom. The summed E-state index contributed by atoms with van der Waals surface area (Å²) < 4.78 is 0.889. The van der Waals surface area contributed by atoms with Crippen LogP contribution in [-0.2, 0) is 0 Å². The maximum Gasteiger partial charge on any atom is 0.256 e. The quantitative estimate of drug-likeness (QED) is 0.867. The van der Waals surface area contributed by atoms with Crippen LogP contribution < -0.4 is 5.73 Å². The number of hydrogen-bond acceptors (Lipinski definition) is 2. The zero-order chi connectivity index (χ0) is 13.3. The Morgan fingerprint density at radius 1 is 1.50 bits per heavy atom. The third kappa shape index (κ3) is 3.05. The van der Waals surface area contributed by atoms with Crippen molar-refractivity contribution in [3.05, 3.63) is 28.2 Å². The third-order valence-electron chi connectivity index (χ3n) is 3.06. The molecule has 0 radical (unpaired) electrons. The smallest absolute Gasteiger partial charge is 0.256 e. The topological polar surface area (TPSA) is 46.3 Å². The maximum absolute atomic E-state index is 12.6. The lowest BCUT2D eigenvalue weighted by Gasteiger charge is -2.25. The van der Waals surface area contributed by atoms with Crippen molar-refractivity contribution in [2.75, 3.05) is 12.3 Å². The number of nitrogens with zero attached hydrogens (tertiary/aromatic N) is 1. The maximum atomic E-state index is 12.6. The number of halogens is 1. The molecular formula is C14H19BrN2O. The van der Waals surface area contributed by atoms with E-state index in [1.807, 2.05) is 17.0 Å². The van der Waals surface area contributed by atoms with Crippen LogP contribution in [0.15, 0.2) is 22.7 Å². The molecule has 98 valence electrons. The molecule has 0 unspecified atom stereocenters. The molecule has 2 rings (SSSR count). The minimum Gasteiger partial charge on any atom is -0.398 e. The molecule has 1 aliphatic carbocycles. The summed E-state index contributed by atoms with van der Waals surface area (Å²) in [4.78, 5) is 14.5. The van der Waals surface area contributed by atoms with E-state index in [0.29, 0.717) is 23.2 Å². The van der Waals surface area contributed by atoms with E-state index < -0.39 is 0 Å². The average Bonchev–Trinajstić information content (AvgIpc) is 3.12. The first kappa shape index (κ1) is 13.4. The van der Waals surface area contributed by atoms with Crippen LogP contribution in [0.1, 0.15) is 37.0 Å². The lowest BCUT2D eigenvalue weighted by Crippen LogP contribution is -2.36. The highest BCUT2D eigenvalue weighted by atomic mass is 79.9. The lowest BCUT2D eigenvalue weighted by atomic mass is 10.1. The van der Waals surface area contributed by atoms with E-state index in [9.17, 15) is 4.79 Å². The predicted octanol–water partition coefficient (Wildman–Crippen LogP) is 3.29. The zero-order valence-corrected chi connectivity index (χ0v) is 12.4. The Hall–Kier alpha value is -1.03. The lowest BCUT2D eigenvalue weighted by molar-refractivity contribution is 0.0723. The van der Waals surface area contributed by atoms with Crippen LogP contribution >= 0.6 is 15.9 Å². The van der Waals surface area contributed by atoms with E-state index in [-0.39, 0.29) is 5.91 Å². The molecule has 0 atom stereocenters. The van der Waals surface area contributed by atoms with Gasteiger partial charge in [-0.25, -0.2) is 0 Å². The molecule has 1 aromatic carbocycles. The Morgan fingerprint density at radius 3 is 2.72 bits per heavy atom. The highest BCUT2D eigenvalue weighted by Crippen LogP contribution is 2.30. The van der Waals surface area contributed by atoms with Crippen LogP contribution in [0.4, 0.5) is 5.69 Å². The van der Waals surface area contributed by atoms with Crippen molar-refractivity contribution >= 4 is 27.5 Å². The van der Waals surface area contributed by atoms with Crippen molar-refractivity contribution in [2.45, 2.75) is 32.7 Å². The van der Waals surface area contributed by atoms with Crippen LogP contribution in [0.5, 0.6) is 0 Å². The van der Waals surface area contributed by atoms with Crippen LogP contribution in [0.2, 0.25) is 0 Å². The van der Waals surface area contributed by atoms with Crippen molar-refractivity contribution in [3.8, 4) is 0 Å². The third-order valence-corrected chi connectivity index (χ3v) is 3.55. The Bertz CT molecular complexity index is 455. The molecule has 1 aromatic rings. The van der Waals surface area contributed by atoms with Gasteiger partial charge >= 0.3 is 0 Å². The number of amides is 1. The van der Waals surface area contributed by atoms with E-state index in [2.05, 4.69) is 29.8 Å². The summed E-state index contributed by atoms with van der Waals surface area (Å²) >= 11 is 3.39. The minimum atomic E-state index is 0.0602. The van der Waals surface area contributed by atoms with Gasteiger partial charge in [0.25, 0.3) is 5.91 Å². The molecule has 0 spiro atoms. The van der Waals surface area contributed by atoms with E-state index in [0.717, 1.165) is 23.9 Å². The summed E-state index contributed by atoms with van der Waals surface area (Å²) in [6.07, 6.45) is 2.23. The molecule has 1 amide bonds. The van der Waals surface area contributed by atoms with Crippen LogP contribution in [0, 0.1) is 5.92 Å². The number of carbonyl (C=O) groups is 1. The van der Waals surface area contributed by atoms with Gasteiger partial charge in [-0.15, -0.1) is 0 Å². The zero-order valence-electron chi connectivity index (χ0n) is 10.8. The molecule has 2 N–H and O–H groups in total. The van der Waals surface area contributed by atoms with Gasteiger partial charge in [0.1, 0.15) is 0 Å². The number of nitrogen functional groups attached to an aromatic ring is 1. The molecule has 0 saturated heterocycles. The normalized spacial score (nSPS) is 14.9. The molecule has 1 aliphatic rings. The second-order valence-corrected chi connectivity index (χ2v) is 6.23. The SMILES string of the molecule is CC(C)CN(C(=O)c1cc(Br)ccc1N)C1CC1. The second-order valence-electron chi connectivity index (χ2n) is 5.31. The highest BCUT2D eigenvalue weighted by Gasteiger charge is 2.33. The first-order chi connectivity index (χ1) is 8.49. The molecule has 0 heterocycles. The van der Waals surface area contributed by atoms with E-state index >= 15 is 0 Å². The number of benzene rings is 1. The van der Waals surface area contributed by atoms with E-state index in [1.54, 1.807) is 6.07 Å².